The van der Waals surface area contributed by atoms with Gasteiger partial charge in [-0.25, -0.2) is 4.98 Å². The molecule has 0 fully saturated rings. The molecule has 0 unspecified atom stereocenters. The van der Waals surface area contributed by atoms with Gasteiger partial charge in [-0.05, 0) is 24.6 Å². The standard InChI is InChI=1S/C12H12ClN3O2/c1-7-8(13)3-2-4-9(7)16-12(17)10-6-15-11(5-14)18-10/h2-4,6H,5,14H2,1H3,(H,16,17). The van der Waals surface area contributed by atoms with E-state index in [4.69, 9.17) is 21.8 Å². The molecule has 2 rings (SSSR count). The van der Waals surface area contributed by atoms with E-state index in [0.29, 0.717) is 16.6 Å². The van der Waals surface area contributed by atoms with Crippen molar-refractivity contribution in [3.63, 3.8) is 0 Å². The Kier molecular flexibility index (Phi) is 3.64. The molecule has 1 aromatic heterocycles. The van der Waals surface area contributed by atoms with Crippen molar-refractivity contribution in [2.45, 2.75) is 13.5 Å². The lowest BCUT2D eigenvalue weighted by Crippen LogP contribution is -2.12. The molecule has 2 aromatic rings. The van der Waals surface area contributed by atoms with E-state index >= 15 is 0 Å². The minimum absolute atomic E-state index is 0.120. The van der Waals surface area contributed by atoms with Crippen molar-refractivity contribution in [2.24, 2.45) is 5.73 Å². The van der Waals surface area contributed by atoms with Crippen LogP contribution in [0.15, 0.2) is 28.8 Å². The van der Waals surface area contributed by atoms with Crippen LogP contribution in [0.5, 0.6) is 0 Å². The minimum atomic E-state index is -0.382. The molecule has 3 N–H and O–H groups in total. The Morgan fingerprint density at radius 1 is 1.56 bits per heavy atom. The van der Waals surface area contributed by atoms with E-state index in [0.717, 1.165) is 5.56 Å². The number of nitrogens with two attached hydrogens (primary N) is 1. The summed E-state index contributed by atoms with van der Waals surface area (Å²) in [6, 6.07) is 5.28. The third-order valence-corrected chi connectivity index (χ3v) is 2.88. The van der Waals surface area contributed by atoms with Gasteiger partial charge in [-0.2, -0.15) is 0 Å². The molecule has 0 radical (unpaired) electrons. The molecular weight excluding hydrogens is 254 g/mol. The predicted molar refractivity (Wildman–Crippen MR) is 68.5 cm³/mol. The summed E-state index contributed by atoms with van der Waals surface area (Å²) in [7, 11) is 0. The van der Waals surface area contributed by atoms with Crippen molar-refractivity contribution in [1.29, 1.82) is 0 Å². The second kappa shape index (κ2) is 5.20. The zero-order valence-corrected chi connectivity index (χ0v) is 10.5. The number of nitrogens with one attached hydrogen (secondary N) is 1. The molecule has 0 aliphatic carbocycles. The van der Waals surface area contributed by atoms with Crippen molar-refractivity contribution in [2.75, 3.05) is 5.32 Å². The average molecular weight is 266 g/mol. The fourth-order valence-electron chi connectivity index (χ4n) is 1.44. The van der Waals surface area contributed by atoms with E-state index in [-0.39, 0.29) is 18.2 Å². The zero-order valence-electron chi connectivity index (χ0n) is 9.74. The number of oxazole rings is 1. The maximum absolute atomic E-state index is 11.9. The fraction of sp³-hybridized carbons (Fsp3) is 0.167. The lowest BCUT2D eigenvalue weighted by molar-refractivity contribution is 0.0995. The van der Waals surface area contributed by atoms with Gasteiger partial charge in [0.25, 0.3) is 5.91 Å². The van der Waals surface area contributed by atoms with Crippen LogP contribution in [0.1, 0.15) is 22.0 Å². The van der Waals surface area contributed by atoms with Gasteiger partial charge in [0.05, 0.1) is 12.7 Å². The lowest BCUT2D eigenvalue weighted by atomic mass is 10.2. The van der Waals surface area contributed by atoms with Gasteiger partial charge in [-0.3, -0.25) is 4.79 Å². The average Bonchev–Trinajstić information content (AvgIpc) is 2.83. The van der Waals surface area contributed by atoms with E-state index in [1.807, 2.05) is 6.92 Å². The van der Waals surface area contributed by atoms with Gasteiger partial charge in [0.15, 0.2) is 0 Å². The fourth-order valence-corrected chi connectivity index (χ4v) is 1.61. The number of rotatable bonds is 3. The van der Waals surface area contributed by atoms with Crippen LogP contribution >= 0.6 is 11.6 Å². The Labute approximate surface area is 109 Å². The van der Waals surface area contributed by atoms with Gasteiger partial charge in [-0.15, -0.1) is 0 Å². The summed E-state index contributed by atoms with van der Waals surface area (Å²) in [6.07, 6.45) is 1.34. The topological polar surface area (TPSA) is 81.2 Å². The summed E-state index contributed by atoms with van der Waals surface area (Å²) < 4.78 is 5.16. The van der Waals surface area contributed by atoms with Gasteiger partial charge in [0.1, 0.15) is 0 Å². The number of benzene rings is 1. The van der Waals surface area contributed by atoms with Crippen molar-refractivity contribution in [1.82, 2.24) is 4.98 Å². The lowest BCUT2D eigenvalue weighted by Gasteiger charge is -2.07. The summed E-state index contributed by atoms with van der Waals surface area (Å²) in [4.78, 5) is 15.7. The highest BCUT2D eigenvalue weighted by atomic mass is 35.5. The van der Waals surface area contributed by atoms with Gasteiger partial charge in [0, 0.05) is 10.7 Å². The van der Waals surface area contributed by atoms with E-state index in [9.17, 15) is 4.79 Å². The normalized spacial score (nSPS) is 10.4. The SMILES string of the molecule is Cc1c(Cl)cccc1NC(=O)c1cnc(CN)o1. The molecule has 0 aliphatic rings. The summed E-state index contributed by atoms with van der Waals surface area (Å²) in [5, 5.41) is 3.30. The van der Waals surface area contributed by atoms with Crippen molar-refractivity contribution < 1.29 is 9.21 Å². The number of anilines is 1. The molecule has 1 aromatic carbocycles. The molecule has 0 bridgehead atoms. The smallest absolute Gasteiger partial charge is 0.293 e. The summed E-state index contributed by atoms with van der Waals surface area (Å²) in [6.45, 7) is 1.98. The maximum Gasteiger partial charge on any atom is 0.293 e. The van der Waals surface area contributed by atoms with Crippen molar-refractivity contribution >= 4 is 23.2 Å². The first kappa shape index (κ1) is 12.6. The van der Waals surface area contributed by atoms with Crippen molar-refractivity contribution in [3.8, 4) is 0 Å². The van der Waals surface area contributed by atoms with Crippen LogP contribution < -0.4 is 11.1 Å². The first-order valence-corrected chi connectivity index (χ1v) is 5.71. The monoisotopic (exact) mass is 265 g/mol. The number of carbonyl (C=O) groups excluding carboxylic acids is 1. The van der Waals surface area contributed by atoms with Crippen molar-refractivity contribution in [3.05, 3.63) is 46.6 Å². The number of nitrogens with zero attached hydrogens (tertiary/aromatic N) is 1. The largest absolute Gasteiger partial charge is 0.434 e. The molecule has 1 amide bonds. The van der Waals surface area contributed by atoms with Crippen LogP contribution in [-0.4, -0.2) is 10.9 Å². The van der Waals surface area contributed by atoms with Gasteiger partial charge in [0.2, 0.25) is 11.7 Å². The van der Waals surface area contributed by atoms with E-state index < -0.39 is 0 Å². The third kappa shape index (κ3) is 2.52. The molecule has 6 heteroatoms. The number of halogens is 1. The van der Waals surface area contributed by atoms with Crippen LogP contribution in [0.25, 0.3) is 0 Å². The van der Waals surface area contributed by atoms with Gasteiger partial charge < -0.3 is 15.5 Å². The number of hydrogen-bond acceptors (Lipinski definition) is 4. The molecule has 0 saturated heterocycles. The first-order valence-electron chi connectivity index (χ1n) is 5.33. The highest BCUT2D eigenvalue weighted by Crippen LogP contribution is 2.23. The minimum Gasteiger partial charge on any atom is -0.434 e. The molecule has 1 heterocycles. The molecule has 94 valence electrons. The molecule has 0 atom stereocenters. The zero-order chi connectivity index (χ0) is 13.1. The predicted octanol–water partition coefficient (Wildman–Crippen LogP) is 2.35. The number of carbonyl (C=O) groups is 1. The highest BCUT2D eigenvalue weighted by Gasteiger charge is 2.13. The Hall–Kier alpha value is -1.85. The van der Waals surface area contributed by atoms with E-state index in [1.54, 1.807) is 18.2 Å². The van der Waals surface area contributed by atoms with E-state index in [1.165, 1.54) is 6.20 Å². The molecule has 0 spiro atoms. The molecule has 0 saturated carbocycles. The Balaban J connectivity index is 2.18. The highest BCUT2D eigenvalue weighted by molar-refractivity contribution is 6.31. The Morgan fingerprint density at radius 3 is 3.00 bits per heavy atom. The van der Waals surface area contributed by atoms with Gasteiger partial charge >= 0.3 is 0 Å². The van der Waals surface area contributed by atoms with Crippen LogP contribution in [0.2, 0.25) is 5.02 Å². The Morgan fingerprint density at radius 2 is 2.33 bits per heavy atom. The van der Waals surface area contributed by atoms with E-state index in [2.05, 4.69) is 10.3 Å². The van der Waals surface area contributed by atoms with Crippen LogP contribution in [0.3, 0.4) is 0 Å². The van der Waals surface area contributed by atoms with Crippen LogP contribution in [0, 0.1) is 6.92 Å². The van der Waals surface area contributed by atoms with Crippen LogP contribution in [0.4, 0.5) is 5.69 Å². The number of amides is 1. The summed E-state index contributed by atoms with van der Waals surface area (Å²) in [5.74, 6) is 0.0605. The molecule has 18 heavy (non-hydrogen) atoms. The molecular formula is C12H12ClN3O2. The quantitative estimate of drug-likeness (QED) is 0.893. The third-order valence-electron chi connectivity index (χ3n) is 2.47. The summed E-state index contributed by atoms with van der Waals surface area (Å²) in [5.41, 5.74) is 6.79. The second-order valence-corrected chi connectivity index (χ2v) is 4.10. The van der Waals surface area contributed by atoms with Gasteiger partial charge in [-0.1, -0.05) is 17.7 Å². The second-order valence-electron chi connectivity index (χ2n) is 3.69. The summed E-state index contributed by atoms with van der Waals surface area (Å²) >= 11 is 5.97. The first-order chi connectivity index (χ1) is 8.61. The number of aromatic nitrogens is 1. The van der Waals surface area contributed by atoms with Crippen LogP contribution in [-0.2, 0) is 6.54 Å². The number of hydrogen-bond donors (Lipinski definition) is 2. The maximum atomic E-state index is 11.9. The molecule has 5 nitrogen and oxygen atoms in total. The molecule has 0 aliphatic heterocycles. The Bertz CT molecular complexity index is 580.